The Hall–Kier alpha value is -2.03. The molecule has 4 rings (SSSR count). The van der Waals surface area contributed by atoms with Gasteiger partial charge in [-0.05, 0) is 42.3 Å². The Labute approximate surface area is 170 Å². The third-order valence-electron chi connectivity index (χ3n) is 6.01. The van der Waals surface area contributed by atoms with Gasteiger partial charge < -0.3 is 0 Å². The SMILES string of the molecule is Cc1ccc(-c2csc([C@@H]3C(N)=[NH+]C(S)=C(C#N)C34CCCCC4)c2)cc1. The molecule has 1 atom stereocenters. The lowest BCUT2D eigenvalue weighted by molar-refractivity contribution is -0.391. The maximum atomic E-state index is 9.90. The van der Waals surface area contributed by atoms with Crippen LogP contribution in [0.5, 0.6) is 0 Å². The average Bonchev–Trinajstić information content (AvgIpc) is 3.12. The number of nitriles is 1. The molecular formula is C22H24N3S2+. The highest BCUT2D eigenvalue weighted by atomic mass is 32.1. The number of aryl methyl sites for hydroxylation is 1. The summed E-state index contributed by atoms with van der Waals surface area (Å²) in [5.74, 6) is 0.741. The number of nitrogens with two attached hydrogens (primary N) is 1. The predicted molar refractivity (Wildman–Crippen MR) is 115 cm³/mol. The molecule has 2 heterocycles. The summed E-state index contributed by atoms with van der Waals surface area (Å²) >= 11 is 6.30. The first-order chi connectivity index (χ1) is 13.0. The highest BCUT2D eigenvalue weighted by Crippen LogP contribution is 2.54. The molecule has 0 radical (unpaired) electrons. The van der Waals surface area contributed by atoms with Gasteiger partial charge in [0.1, 0.15) is 12.0 Å². The maximum absolute atomic E-state index is 9.90. The fourth-order valence-electron chi connectivity index (χ4n) is 4.66. The summed E-state index contributed by atoms with van der Waals surface area (Å²) in [6.07, 6.45) is 5.47. The summed E-state index contributed by atoms with van der Waals surface area (Å²) < 4.78 is 0. The van der Waals surface area contributed by atoms with Crippen LogP contribution in [0.15, 0.2) is 46.3 Å². The van der Waals surface area contributed by atoms with E-state index < -0.39 is 0 Å². The molecular weight excluding hydrogens is 370 g/mol. The van der Waals surface area contributed by atoms with Crippen molar-refractivity contribution in [3.63, 3.8) is 0 Å². The summed E-state index contributed by atoms with van der Waals surface area (Å²) in [6.45, 7) is 2.10. The van der Waals surface area contributed by atoms with Gasteiger partial charge in [-0.1, -0.05) is 49.1 Å². The number of thiophene rings is 1. The second kappa shape index (κ2) is 7.18. The minimum atomic E-state index is -0.227. The van der Waals surface area contributed by atoms with E-state index in [9.17, 15) is 5.26 Å². The minimum Gasteiger partial charge on any atom is -0.290 e. The largest absolute Gasteiger partial charge is 0.290 e. The van der Waals surface area contributed by atoms with Gasteiger partial charge in [0.05, 0.1) is 5.57 Å². The molecule has 27 heavy (non-hydrogen) atoms. The van der Waals surface area contributed by atoms with Gasteiger partial charge in [-0.25, -0.2) is 4.99 Å². The van der Waals surface area contributed by atoms with Crippen molar-refractivity contribution >= 4 is 29.8 Å². The number of hydrogen-bond acceptors (Lipinski definition) is 4. The Balaban J connectivity index is 1.79. The predicted octanol–water partition coefficient (Wildman–Crippen LogP) is 3.87. The number of nitrogens with one attached hydrogen (secondary N) is 1. The number of thiol groups is 1. The molecule has 1 aliphatic heterocycles. The Bertz CT molecular complexity index is 954. The molecule has 1 aliphatic carbocycles. The standard InChI is InChI=1S/C22H23N3S2/c1-14-5-7-15(8-6-14)16-11-18(27-13-16)19-20(24)25-21(26)17(12-23)22(19)9-3-2-4-10-22/h5-8,11,13,19,26H,2-4,9-10H2,1H3,(H2,24,25)/p+1/t19-/m1/s1. The number of amidine groups is 1. The van der Waals surface area contributed by atoms with E-state index >= 15 is 0 Å². The lowest BCUT2D eigenvalue weighted by Gasteiger charge is -2.42. The molecule has 138 valence electrons. The number of nitrogens with zero attached hydrogens (tertiary/aromatic N) is 1. The second-order valence-corrected chi connectivity index (χ2v) is 9.06. The van der Waals surface area contributed by atoms with Gasteiger partial charge in [0.2, 0.25) is 0 Å². The Morgan fingerprint density at radius 2 is 1.89 bits per heavy atom. The van der Waals surface area contributed by atoms with Gasteiger partial charge in [-0.15, -0.1) is 24.0 Å². The minimum absolute atomic E-state index is 0.0209. The molecule has 1 aromatic carbocycles. The van der Waals surface area contributed by atoms with E-state index in [1.807, 2.05) is 0 Å². The summed E-state index contributed by atoms with van der Waals surface area (Å²) in [5.41, 5.74) is 10.7. The number of hydrogen-bond donors (Lipinski definition) is 3. The first-order valence-corrected chi connectivity index (χ1v) is 10.8. The van der Waals surface area contributed by atoms with E-state index in [2.05, 4.69) is 66.3 Å². The van der Waals surface area contributed by atoms with E-state index in [-0.39, 0.29) is 11.3 Å². The Morgan fingerprint density at radius 3 is 2.56 bits per heavy atom. The number of allylic oxidation sites excluding steroid dienone is 1. The lowest BCUT2D eigenvalue weighted by Crippen LogP contribution is -2.77. The zero-order chi connectivity index (χ0) is 19.0. The third kappa shape index (κ3) is 3.11. The van der Waals surface area contributed by atoms with Crippen molar-refractivity contribution < 1.29 is 4.99 Å². The molecule has 5 heteroatoms. The highest BCUT2D eigenvalue weighted by Gasteiger charge is 2.52. The van der Waals surface area contributed by atoms with Crippen molar-refractivity contribution in [1.82, 2.24) is 0 Å². The molecule has 1 spiro atoms. The van der Waals surface area contributed by atoms with Crippen LogP contribution in [0.25, 0.3) is 11.1 Å². The molecule has 1 fully saturated rings. The van der Waals surface area contributed by atoms with Crippen molar-refractivity contribution in [3.8, 4) is 17.2 Å². The molecule has 0 unspecified atom stereocenters. The lowest BCUT2D eigenvalue weighted by atomic mass is 9.60. The van der Waals surface area contributed by atoms with Gasteiger partial charge in [-0.3, -0.25) is 5.73 Å². The van der Waals surface area contributed by atoms with Crippen LogP contribution in [0.2, 0.25) is 0 Å². The van der Waals surface area contributed by atoms with Crippen molar-refractivity contribution in [3.05, 3.63) is 56.8 Å². The van der Waals surface area contributed by atoms with Crippen molar-refractivity contribution in [1.29, 1.82) is 5.26 Å². The quantitative estimate of drug-likeness (QED) is 0.677. The van der Waals surface area contributed by atoms with E-state index in [1.165, 1.54) is 28.0 Å². The van der Waals surface area contributed by atoms with E-state index in [1.54, 1.807) is 11.3 Å². The van der Waals surface area contributed by atoms with Crippen molar-refractivity contribution in [2.24, 2.45) is 11.1 Å². The molecule has 3 N–H and O–H groups in total. The third-order valence-corrected chi connectivity index (χ3v) is 7.34. The van der Waals surface area contributed by atoms with Gasteiger partial charge >= 0.3 is 0 Å². The van der Waals surface area contributed by atoms with Crippen LogP contribution >= 0.6 is 24.0 Å². The zero-order valence-corrected chi connectivity index (χ0v) is 17.2. The topological polar surface area (TPSA) is 63.8 Å². The summed E-state index contributed by atoms with van der Waals surface area (Å²) in [4.78, 5) is 4.41. The summed E-state index contributed by atoms with van der Waals surface area (Å²) in [5, 5.41) is 12.7. The Kier molecular flexibility index (Phi) is 4.88. The molecule has 0 amide bonds. The van der Waals surface area contributed by atoms with Crippen LogP contribution in [0.3, 0.4) is 0 Å². The Morgan fingerprint density at radius 1 is 1.19 bits per heavy atom. The van der Waals surface area contributed by atoms with Crippen molar-refractivity contribution in [2.75, 3.05) is 0 Å². The first-order valence-electron chi connectivity index (χ1n) is 9.44. The summed E-state index contributed by atoms with van der Waals surface area (Å²) in [6, 6.07) is 13.3. The zero-order valence-electron chi connectivity index (χ0n) is 15.5. The maximum Gasteiger partial charge on any atom is 0.255 e. The van der Waals surface area contributed by atoms with E-state index in [4.69, 9.17) is 5.73 Å². The van der Waals surface area contributed by atoms with Crippen LogP contribution in [0.1, 0.15) is 48.5 Å². The van der Waals surface area contributed by atoms with Crippen molar-refractivity contribution in [2.45, 2.75) is 44.9 Å². The molecule has 2 aliphatic rings. The monoisotopic (exact) mass is 394 g/mol. The first kappa shape index (κ1) is 18.3. The molecule has 2 aromatic rings. The van der Waals surface area contributed by atoms with Gasteiger partial charge in [0.25, 0.3) is 5.84 Å². The molecule has 0 saturated heterocycles. The summed E-state index contributed by atoms with van der Waals surface area (Å²) in [7, 11) is 0. The number of benzene rings is 1. The van der Waals surface area contributed by atoms with Crippen LogP contribution < -0.4 is 10.7 Å². The van der Waals surface area contributed by atoms with E-state index in [0.717, 1.165) is 37.1 Å². The van der Waals surface area contributed by atoms with Gasteiger partial charge in [-0.2, -0.15) is 5.26 Å². The van der Waals surface area contributed by atoms with Gasteiger partial charge in [0.15, 0.2) is 5.03 Å². The normalized spacial score (nSPS) is 21.8. The van der Waals surface area contributed by atoms with Crippen LogP contribution in [0.4, 0.5) is 0 Å². The van der Waals surface area contributed by atoms with Gasteiger partial charge in [0, 0.05) is 10.3 Å². The van der Waals surface area contributed by atoms with Crippen LogP contribution in [-0.4, -0.2) is 5.84 Å². The van der Waals surface area contributed by atoms with E-state index in [0.29, 0.717) is 5.03 Å². The molecule has 3 nitrogen and oxygen atoms in total. The fourth-order valence-corrected chi connectivity index (χ4v) is 6.21. The van der Waals surface area contributed by atoms with Crippen LogP contribution in [0, 0.1) is 23.7 Å². The second-order valence-electron chi connectivity index (χ2n) is 7.67. The smallest absolute Gasteiger partial charge is 0.255 e. The number of rotatable bonds is 2. The fraction of sp³-hybridized carbons (Fsp3) is 0.364. The molecule has 1 aromatic heterocycles. The molecule has 0 bridgehead atoms. The highest BCUT2D eigenvalue weighted by molar-refractivity contribution is 7.84. The molecule has 1 saturated carbocycles. The average molecular weight is 395 g/mol. The van der Waals surface area contributed by atoms with Crippen LogP contribution in [-0.2, 0) is 0 Å².